The summed E-state index contributed by atoms with van der Waals surface area (Å²) in [6.45, 7) is 0.637. The maximum atomic E-state index is 12.2. The van der Waals surface area contributed by atoms with E-state index in [-0.39, 0.29) is 9.26 Å². The third-order valence-electron chi connectivity index (χ3n) is 1.51. The first-order chi connectivity index (χ1) is 6.83. The first-order valence-corrected chi connectivity index (χ1v) is 4.89. The molecule has 0 bridgehead atoms. The van der Waals surface area contributed by atoms with Gasteiger partial charge in [0.1, 0.15) is 6.67 Å². The highest BCUT2D eigenvalue weighted by molar-refractivity contribution is 14.1. The topological polar surface area (TPSA) is 22.1 Å². The van der Waals surface area contributed by atoms with Crippen molar-refractivity contribution in [2.75, 3.05) is 0 Å². The van der Waals surface area contributed by atoms with E-state index in [9.17, 15) is 17.6 Å². The van der Waals surface area contributed by atoms with Gasteiger partial charge in [-0.05, 0) is 41.1 Å². The Morgan fingerprint density at radius 1 is 1.47 bits per heavy atom. The fourth-order valence-corrected chi connectivity index (χ4v) is 1.33. The van der Waals surface area contributed by atoms with E-state index in [1.165, 1.54) is 6.07 Å². The van der Waals surface area contributed by atoms with Gasteiger partial charge in [-0.25, -0.2) is 9.37 Å². The number of aryl methyl sites for hydroxylation is 1. The summed E-state index contributed by atoms with van der Waals surface area (Å²) in [4.78, 5) is 3.41. The first-order valence-electron chi connectivity index (χ1n) is 3.81. The van der Waals surface area contributed by atoms with Crippen LogP contribution in [0, 0.1) is 10.5 Å². The molecular weight excluding hydrogens is 329 g/mol. The Morgan fingerprint density at radius 2 is 2.07 bits per heavy atom. The highest BCUT2D eigenvalue weighted by Crippen LogP contribution is 2.28. The summed E-state index contributed by atoms with van der Waals surface area (Å²) in [6.07, 6.45) is -4.81. The summed E-state index contributed by atoms with van der Waals surface area (Å²) in [6, 6.07) is 1.38. The Kier molecular flexibility index (Phi) is 3.74. The van der Waals surface area contributed by atoms with Crippen LogP contribution in [0.1, 0.15) is 11.3 Å². The standard InChI is InChI=1S/C8H6F4INO/c1-4-2-5(3-9)14-7(6(4)13)15-8(10,11)12/h2H,3H2,1H3. The molecule has 0 aliphatic carbocycles. The van der Waals surface area contributed by atoms with Gasteiger partial charge in [0, 0.05) is 0 Å². The second-order valence-electron chi connectivity index (χ2n) is 2.73. The molecule has 1 aromatic rings. The monoisotopic (exact) mass is 335 g/mol. The third kappa shape index (κ3) is 3.47. The lowest BCUT2D eigenvalue weighted by atomic mass is 10.2. The van der Waals surface area contributed by atoms with Gasteiger partial charge in [0.2, 0.25) is 5.88 Å². The van der Waals surface area contributed by atoms with E-state index in [2.05, 4.69) is 9.72 Å². The van der Waals surface area contributed by atoms with Gasteiger partial charge in [-0.3, -0.25) is 0 Å². The number of alkyl halides is 4. The molecule has 0 amide bonds. The zero-order chi connectivity index (χ0) is 11.6. The van der Waals surface area contributed by atoms with Crippen molar-refractivity contribution in [3.05, 3.63) is 20.9 Å². The maximum absolute atomic E-state index is 12.2. The molecule has 0 aliphatic rings. The molecule has 0 saturated heterocycles. The van der Waals surface area contributed by atoms with E-state index in [0.29, 0.717) is 5.56 Å². The van der Waals surface area contributed by atoms with E-state index >= 15 is 0 Å². The molecule has 1 heterocycles. The molecule has 0 fully saturated rings. The number of pyridine rings is 1. The summed E-state index contributed by atoms with van der Waals surface area (Å²) in [5.74, 6) is -0.601. The molecule has 0 spiro atoms. The normalized spacial score (nSPS) is 11.6. The van der Waals surface area contributed by atoms with Gasteiger partial charge >= 0.3 is 6.36 Å². The van der Waals surface area contributed by atoms with Crippen LogP contribution in [0.2, 0.25) is 0 Å². The van der Waals surface area contributed by atoms with Crippen molar-refractivity contribution in [2.45, 2.75) is 20.0 Å². The summed E-state index contributed by atoms with van der Waals surface area (Å²) in [7, 11) is 0. The second-order valence-corrected chi connectivity index (χ2v) is 3.81. The highest BCUT2D eigenvalue weighted by Gasteiger charge is 2.33. The summed E-state index contributed by atoms with van der Waals surface area (Å²) < 4.78 is 51.9. The minimum absolute atomic E-state index is 0.0767. The van der Waals surface area contributed by atoms with Crippen molar-refractivity contribution < 1.29 is 22.3 Å². The molecule has 7 heteroatoms. The SMILES string of the molecule is Cc1cc(CF)nc(OC(F)(F)F)c1I. The van der Waals surface area contributed by atoms with Crippen LogP contribution in [0.3, 0.4) is 0 Å². The lowest BCUT2D eigenvalue weighted by molar-refractivity contribution is -0.276. The van der Waals surface area contributed by atoms with E-state index in [1.807, 2.05) is 0 Å². The van der Waals surface area contributed by atoms with Gasteiger partial charge in [0.25, 0.3) is 0 Å². The molecule has 0 aliphatic heterocycles. The van der Waals surface area contributed by atoms with Crippen molar-refractivity contribution in [1.29, 1.82) is 0 Å². The average molecular weight is 335 g/mol. The van der Waals surface area contributed by atoms with Crippen LogP contribution in [0.4, 0.5) is 17.6 Å². The van der Waals surface area contributed by atoms with Crippen LogP contribution in [0.15, 0.2) is 6.07 Å². The van der Waals surface area contributed by atoms with Crippen molar-refractivity contribution in [3.63, 3.8) is 0 Å². The Hall–Kier alpha value is -0.600. The zero-order valence-electron chi connectivity index (χ0n) is 7.53. The number of halogens is 5. The maximum Gasteiger partial charge on any atom is 0.574 e. The number of hydrogen-bond acceptors (Lipinski definition) is 2. The van der Waals surface area contributed by atoms with Crippen LogP contribution in [0.5, 0.6) is 5.88 Å². The third-order valence-corrected chi connectivity index (χ3v) is 2.82. The van der Waals surface area contributed by atoms with Crippen LogP contribution in [0.25, 0.3) is 0 Å². The van der Waals surface area contributed by atoms with Crippen molar-refractivity contribution in [2.24, 2.45) is 0 Å². The molecule has 84 valence electrons. The van der Waals surface area contributed by atoms with Crippen LogP contribution in [-0.2, 0) is 6.67 Å². The molecule has 0 N–H and O–H groups in total. The van der Waals surface area contributed by atoms with E-state index in [0.717, 1.165) is 0 Å². The smallest absolute Gasteiger partial charge is 0.387 e. The average Bonchev–Trinajstić information content (AvgIpc) is 2.10. The van der Waals surface area contributed by atoms with Crippen LogP contribution in [-0.4, -0.2) is 11.3 Å². The lowest BCUT2D eigenvalue weighted by Crippen LogP contribution is -2.19. The molecule has 0 unspecified atom stereocenters. The van der Waals surface area contributed by atoms with Crippen molar-refractivity contribution >= 4 is 22.6 Å². The minimum Gasteiger partial charge on any atom is -0.387 e. The molecule has 0 atom stereocenters. The van der Waals surface area contributed by atoms with Gasteiger partial charge < -0.3 is 4.74 Å². The van der Waals surface area contributed by atoms with E-state index in [4.69, 9.17) is 0 Å². The van der Waals surface area contributed by atoms with Gasteiger partial charge in [-0.15, -0.1) is 13.2 Å². The molecule has 0 radical (unpaired) electrons. The van der Waals surface area contributed by atoms with E-state index in [1.54, 1.807) is 29.5 Å². The summed E-state index contributed by atoms with van der Waals surface area (Å²) in [5.41, 5.74) is 0.421. The Bertz CT molecular complexity index is 366. The van der Waals surface area contributed by atoms with E-state index < -0.39 is 18.9 Å². The van der Waals surface area contributed by atoms with Gasteiger partial charge in [0.05, 0.1) is 9.26 Å². The van der Waals surface area contributed by atoms with Gasteiger partial charge in [0.15, 0.2) is 0 Å². The molecule has 0 aromatic carbocycles. The predicted octanol–water partition coefficient (Wildman–Crippen LogP) is 3.36. The van der Waals surface area contributed by atoms with Crippen LogP contribution >= 0.6 is 22.6 Å². The van der Waals surface area contributed by atoms with Crippen molar-refractivity contribution in [3.8, 4) is 5.88 Å². The molecule has 1 rings (SSSR count). The molecule has 0 saturated carbocycles. The fraction of sp³-hybridized carbons (Fsp3) is 0.375. The minimum atomic E-state index is -4.81. The summed E-state index contributed by atoms with van der Waals surface area (Å²) >= 11 is 1.67. The molecule has 2 nitrogen and oxygen atoms in total. The summed E-state index contributed by atoms with van der Waals surface area (Å²) in [5, 5.41) is 0. The van der Waals surface area contributed by atoms with Gasteiger partial charge in [-0.2, -0.15) is 0 Å². The van der Waals surface area contributed by atoms with Crippen molar-refractivity contribution in [1.82, 2.24) is 4.98 Å². The van der Waals surface area contributed by atoms with Crippen LogP contribution < -0.4 is 4.74 Å². The number of aromatic nitrogens is 1. The number of hydrogen-bond donors (Lipinski definition) is 0. The number of ether oxygens (including phenoxy) is 1. The number of rotatable bonds is 2. The number of nitrogens with zero attached hydrogens (tertiary/aromatic N) is 1. The highest BCUT2D eigenvalue weighted by atomic mass is 127. The first kappa shape index (κ1) is 12.5. The Balaban J connectivity index is 3.11. The molecule has 1 aromatic heterocycles. The Morgan fingerprint density at radius 3 is 2.53 bits per heavy atom. The molecular formula is C8H6F4INO. The second kappa shape index (κ2) is 4.50. The lowest BCUT2D eigenvalue weighted by Gasteiger charge is -2.11. The predicted molar refractivity (Wildman–Crippen MR) is 53.2 cm³/mol. The Labute approximate surface area is 96.8 Å². The largest absolute Gasteiger partial charge is 0.574 e. The quantitative estimate of drug-likeness (QED) is 0.611. The van der Waals surface area contributed by atoms with Gasteiger partial charge in [-0.1, -0.05) is 0 Å². The fourth-order valence-electron chi connectivity index (χ4n) is 0.939. The molecule has 15 heavy (non-hydrogen) atoms. The zero-order valence-corrected chi connectivity index (χ0v) is 9.69.